The van der Waals surface area contributed by atoms with Gasteiger partial charge in [0, 0.05) is 20.0 Å². The van der Waals surface area contributed by atoms with Gasteiger partial charge in [-0.05, 0) is 49.6 Å². The van der Waals surface area contributed by atoms with Crippen LogP contribution in [0, 0.1) is 0 Å². The fraction of sp³-hybridized carbons (Fsp3) is 0.250. The third kappa shape index (κ3) is 2.76. The van der Waals surface area contributed by atoms with Gasteiger partial charge in [0.1, 0.15) is 0 Å². The van der Waals surface area contributed by atoms with Gasteiger partial charge in [-0.25, -0.2) is 0 Å². The van der Waals surface area contributed by atoms with E-state index in [1.807, 2.05) is 12.1 Å². The van der Waals surface area contributed by atoms with Gasteiger partial charge in [0.2, 0.25) is 0 Å². The van der Waals surface area contributed by atoms with Crippen LogP contribution in [0.5, 0.6) is 0 Å². The number of rotatable bonds is 2. The van der Waals surface area contributed by atoms with Gasteiger partial charge in [0.15, 0.2) is 0 Å². The van der Waals surface area contributed by atoms with E-state index in [0.29, 0.717) is 0 Å². The Morgan fingerprint density at radius 3 is 2.46 bits per heavy atom. The van der Waals surface area contributed by atoms with Crippen LogP contribution in [-0.4, -0.2) is 11.7 Å². The zero-order chi connectivity index (χ0) is 10.0. The zero-order valence-corrected chi connectivity index (χ0v) is 11.4. The van der Waals surface area contributed by atoms with Crippen LogP contribution in [0.1, 0.15) is 11.7 Å². The molecule has 0 amide bonds. The zero-order valence-electron chi connectivity index (χ0n) is 6.60. The molecule has 1 rings (SSSR count). The molecule has 1 aromatic rings. The van der Waals surface area contributed by atoms with E-state index >= 15 is 0 Å². The normalized spacial score (nSPS) is 13.0. The number of aliphatic hydroxyl groups is 1. The van der Waals surface area contributed by atoms with Crippen LogP contribution in [-0.2, 0) is 0 Å². The highest BCUT2D eigenvalue weighted by atomic mass is 79.9. The number of hydrogen-bond acceptors (Lipinski definition) is 2. The molecule has 0 unspecified atom stereocenters. The summed E-state index contributed by atoms with van der Waals surface area (Å²) in [5.41, 5.74) is 6.15. The minimum Gasteiger partial charge on any atom is -0.387 e. The Bertz CT molecular complexity index is 317. The van der Waals surface area contributed by atoms with Crippen molar-refractivity contribution in [2.45, 2.75) is 6.10 Å². The summed E-state index contributed by atoms with van der Waals surface area (Å²) in [5, 5.41) is 9.56. The Morgan fingerprint density at radius 1 is 1.31 bits per heavy atom. The molecule has 0 saturated carbocycles. The van der Waals surface area contributed by atoms with Crippen molar-refractivity contribution in [2.75, 3.05) is 6.54 Å². The predicted octanol–water partition coefficient (Wildman–Crippen LogP) is 2.97. The first kappa shape index (κ1) is 11.7. The van der Waals surface area contributed by atoms with E-state index in [9.17, 15) is 5.11 Å². The second-order valence-corrected chi connectivity index (χ2v) is 5.11. The fourth-order valence-electron chi connectivity index (χ4n) is 0.945. The van der Waals surface area contributed by atoms with Gasteiger partial charge < -0.3 is 10.8 Å². The first-order valence-corrected chi connectivity index (χ1v) is 5.96. The van der Waals surface area contributed by atoms with Crippen molar-refractivity contribution in [3.63, 3.8) is 0 Å². The predicted molar refractivity (Wildman–Crippen MR) is 63.6 cm³/mol. The molecule has 0 saturated heterocycles. The van der Waals surface area contributed by atoms with E-state index < -0.39 is 6.10 Å². The van der Waals surface area contributed by atoms with Crippen molar-refractivity contribution in [3.8, 4) is 0 Å². The molecule has 0 heterocycles. The SMILES string of the molecule is NC[C@H](O)c1cc(Br)cc(Br)c1Br. The summed E-state index contributed by atoms with van der Waals surface area (Å²) in [6, 6.07) is 3.74. The van der Waals surface area contributed by atoms with E-state index in [1.54, 1.807) is 0 Å². The molecule has 0 aliphatic heterocycles. The van der Waals surface area contributed by atoms with Gasteiger partial charge >= 0.3 is 0 Å². The second-order valence-electron chi connectivity index (χ2n) is 2.54. The molecule has 2 nitrogen and oxygen atoms in total. The molecule has 3 N–H and O–H groups in total. The standard InChI is InChI=1S/C8H8Br3NO/c9-4-1-5(7(13)3-12)8(11)6(10)2-4/h1-2,7,13H,3,12H2/t7-/m0/s1. The summed E-state index contributed by atoms with van der Waals surface area (Å²) in [6.07, 6.45) is -0.636. The minimum atomic E-state index is -0.636. The Labute approximate surface area is 102 Å². The van der Waals surface area contributed by atoms with Crippen LogP contribution in [0.3, 0.4) is 0 Å². The molecule has 0 aliphatic carbocycles. The Morgan fingerprint density at radius 2 is 1.92 bits per heavy atom. The van der Waals surface area contributed by atoms with Gasteiger partial charge in [-0.3, -0.25) is 0 Å². The highest BCUT2D eigenvalue weighted by molar-refractivity contribution is 9.13. The monoisotopic (exact) mass is 371 g/mol. The third-order valence-corrected chi connectivity index (χ3v) is 4.10. The summed E-state index contributed by atoms with van der Waals surface area (Å²) in [5.74, 6) is 0. The quantitative estimate of drug-likeness (QED) is 0.783. The molecule has 13 heavy (non-hydrogen) atoms. The van der Waals surface area contributed by atoms with Gasteiger partial charge in [-0.1, -0.05) is 15.9 Å². The molecule has 0 fully saturated rings. The molecule has 0 radical (unpaired) electrons. The number of halogens is 3. The third-order valence-electron chi connectivity index (χ3n) is 1.60. The number of hydrogen-bond donors (Lipinski definition) is 2. The van der Waals surface area contributed by atoms with Crippen molar-refractivity contribution >= 4 is 47.8 Å². The Kier molecular flexibility index (Phi) is 4.38. The molecule has 0 bridgehead atoms. The largest absolute Gasteiger partial charge is 0.387 e. The maximum Gasteiger partial charge on any atom is 0.0923 e. The maximum absolute atomic E-state index is 9.56. The van der Waals surface area contributed by atoms with Crippen LogP contribution in [0.4, 0.5) is 0 Å². The van der Waals surface area contributed by atoms with E-state index in [2.05, 4.69) is 47.8 Å². The number of aliphatic hydroxyl groups excluding tert-OH is 1. The van der Waals surface area contributed by atoms with Crippen molar-refractivity contribution in [3.05, 3.63) is 31.1 Å². The smallest absolute Gasteiger partial charge is 0.0923 e. The van der Waals surface area contributed by atoms with Crippen LogP contribution < -0.4 is 5.73 Å². The average Bonchev–Trinajstić information content (AvgIpc) is 2.10. The van der Waals surface area contributed by atoms with Gasteiger partial charge in [0.25, 0.3) is 0 Å². The van der Waals surface area contributed by atoms with Gasteiger partial charge in [-0.2, -0.15) is 0 Å². The highest BCUT2D eigenvalue weighted by Crippen LogP contribution is 2.33. The lowest BCUT2D eigenvalue weighted by atomic mass is 10.1. The molecule has 0 aliphatic rings. The van der Waals surface area contributed by atoms with Crippen LogP contribution in [0.25, 0.3) is 0 Å². The first-order valence-electron chi connectivity index (χ1n) is 3.59. The molecular formula is C8H8Br3NO. The Balaban J connectivity index is 3.20. The number of benzene rings is 1. The van der Waals surface area contributed by atoms with Crippen molar-refractivity contribution in [1.82, 2.24) is 0 Å². The molecule has 0 spiro atoms. The van der Waals surface area contributed by atoms with E-state index in [4.69, 9.17) is 5.73 Å². The van der Waals surface area contributed by atoms with Crippen molar-refractivity contribution < 1.29 is 5.11 Å². The first-order chi connectivity index (χ1) is 6.06. The lowest BCUT2D eigenvalue weighted by molar-refractivity contribution is 0.186. The van der Waals surface area contributed by atoms with Crippen LogP contribution in [0.2, 0.25) is 0 Å². The summed E-state index contributed by atoms with van der Waals surface area (Å²) in [7, 11) is 0. The van der Waals surface area contributed by atoms with Crippen LogP contribution >= 0.6 is 47.8 Å². The molecular weight excluding hydrogens is 366 g/mol. The summed E-state index contributed by atoms with van der Waals surface area (Å²) >= 11 is 10.1. The molecule has 0 aromatic heterocycles. The van der Waals surface area contributed by atoms with E-state index in [-0.39, 0.29) is 6.54 Å². The topological polar surface area (TPSA) is 46.2 Å². The lowest BCUT2D eigenvalue weighted by Gasteiger charge is -2.12. The molecule has 1 aromatic carbocycles. The lowest BCUT2D eigenvalue weighted by Crippen LogP contribution is -2.12. The summed E-state index contributed by atoms with van der Waals surface area (Å²) in [6.45, 7) is 0.210. The molecule has 1 atom stereocenters. The van der Waals surface area contributed by atoms with Gasteiger partial charge in [-0.15, -0.1) is 0 Å². The number of nitrogens with two attached hydrogens (primary N) is 1. The molecule has 72 valence electrons. The summed E-state index contributed by atoms with van der Waals surface area (Å²) in [4.78, 5) is 0. The summed E-state index contributed by atoms with van der Waals surface area (Å²) < 4.78 is 2.64. The second kappa shape index (κ2) is 4.89. The van der Waals surface area contributed by atoms with E-state index in [1.165, 1.54) is 0 Å². The van der Waals surface area contributed by atoms with Crippen LogP contribution in [0.15, 0.2) is 25.6 Å². The average molecular weight is 374 g/mol. The minimum absolute atomic E-state index is 0.210. The van der Waals surface area contributed by atoms with Gasteiger partial charge in [0.05, 0.1) is 6.10 Å². The molecule has 5 heteroatoms. The fourth-order valence-corrected chi connectivity index (χ4v) is 2.70. The maximum atomic E-state index is 9.56. The van der Waals surface area contributed by atoms with Crippen molar-refractivity contribution in [2.24, 2.45) is 5.73 Å². The van der Waals surface area contributed by atoms with Crippen molar-refractivity contribution in [1.29, 1.82) is 0 Å². The van der Waals surface area contributed by atoms with E-state index in [0.717, 1.165) is 19.0 Å². The highest BCUT2D eigenvalue weighted by Gasteiger charge is 2.12. The Hall–Kier alpha value is 0.580.